The first-order chi connectivity index (χ1) is 18.7. The van der Waals surface area contributed by atoms with Crippen LogP contribution in [0, 0.1) is 0 Å². The van der Waals surface area contributed by atoms with Crippen LogP contribution in [0.15, 0.2) is 71.6 Å². The Hall–Kier alpha value is -3.60. The van der Waals surface area contributed by atoms with E-state index >= 15 is 0 Å². The molecule has 1 aliphatic heterocycles. The van der Waals surface area contributed by atoms with Gasteiger partial charge in [0.2, 0.25) is 15.9 Å². The molecule has 1 unspecified atom stereocenters. The molecule has 0 aliphatic carbocycles. The van der Waals surface area contributed by atoms with Gasteiger partial charge >= 0.3 is 0 Å². The first-order valence-corrected chi connectivity index (χ1v) is 14.1. The average Bonchev–Trinajstić information content (AvgIpc) is 3.22. The van der Waals surface area contributed by atoms with Crippen LogP contribution in [-0.2, 0) is 26.0 Å². The Morgan fingerprint density at radius 3 is 2.23 bits per heavy atom. The van der Waals surface area contributed by atoms with E-state index < -0.39 is 27.9 Å². The van der Waals surface area contributed by atoms with Crippen LogP contribution < -0.4 is 19.1 Å². The molecule has 0 spiro atoms. The molecule has 39 heavy (non-hydrogen) atoms. The summed E-state index contributed by atoms with van der Waals surface area (Å²) >= 11 is 5.98. The molecule has 1 aliphatic rings. The highest BCUT2D eigenvalue weighted by Gasteiger charge is 2.46. The number of nitrogens with zero attached hydrogens (tertiary/aromatic N) is 2. The summed E-state index contributed by atoms with van der Waals surface area (Å²) in [6.45, 7) is 2.27. The van der Waals surface area contributed by atoms with Gasteiger partial charge in [0.1, 0.15) is 11.8 Å². The highest BCUT2D eigenvalue weighted by Crippen LogP contribution is 2.32. The molecule has 206 valence electrons. The average molecular weight is 573 g/mol. The third kappa shape index (κ3) is 6.03. The lowest BCUT2D eigenvalue weighted by Gasteiger charge is -2.27. The van der Waals surface area contributed by atoms with Crippen molar-refractivity contribution < 1.29 is 32.2 Å². The van der Waals surface area contributed by atoms with Gasteiger partial charge in [0.15, 0.2) is 11.5 Å². The van der Waals surface area contributed by atoms with Gasteiger partial charge in [0.25, 0.3) is 5.91 Å². The fourth-order valence-electron chi connectivity index (χ4n) is 4.43. The maximum atomic E-state index is 13.8. The molecule has 0 aromatic heterocycles. The number of hydrogen-bond donors (Lipinski definition) is 0. The Morgan fingerprint density at radius 1 is 0.949 bits per heavy atom. The SMILES string of the molecule is CCOc1ccc(N2C(=O)CC(N(CCc3ccc(OC)c(OC)c3)S(=O)(=O)c3ccc(Cl)cc3)C2=O)cc1. The number of carbonyl (C=O) groups is 2. The molecule has 3 aromatic carbocycles. The number of imide groups is 1. The lowest BCUT2D eigenvalue weighted by molar-refractivity contribution is -0.122. The smallest absolute Gasteiger partial charge is 0.252 e. The van der Waals surface area contributed by atoms with Crippen molar-refractivity contribution in [2.45, 2.75) is 30.7 Å². The molecule has 2 amide bonds. The second-order valence-corrected chi connectivity index (χ2v) is 11.1. The number of halogens is 1. The molecule has 0 radical (unpaired) electrons. The van der Waals surface area contributed by atoms with Crippen molar-refractivity contribution >= 4 is 39.1 Å². The molecule has 0 saturated carbocycles. The quantitative estimate of drug-likeness (QED) is 0.315. The summed E-state index contributed by atoms with van der Waals surface area (Å²) in [5, 5.41) is 0.375. The topological polar surface area (TPSA) is 102 Å². The zero-order valence-corrected chi connectivity index (χ0v) is 23.4. The molecule has 0 N–H and O–H groups in total. The highest BCUT2D eigenvalue weighted by atomic mass is 35.5. The van der Waals surface area contributed by atoms with Crippen molar-refractivity contribution in [1.29, 1.82) is 0 Å². The normalized spacial score (nSPS) is 15.6. The van der Waals surface area contributed by atoms with Crippen molar-refractivity contribution in [3.8, 4) is 17.2 Å². The number of ether oxygens (including phenoxy) is 3. The Kier molecular flexibility index (Phi) is 8.79. The van der Waals surface area contributed by atoms with Crippen LogP contribution in [0.5, 0.6) is 17.2 Å². The van der Waals surface area contributed by atoms with Crippen LogP contribution in [0.2, 0.25) is 5.02 Å². The number of rotatable bonds is 11. The Balaban J connectivity index is 1.67. The molecule has 0 bridgehead atoms. The summed E-state index contributed by atoms with van der Waals surface area (Å²) in [6.07, 6.45) is -0.0288. The first-order valence-electron chi connectivity index (χ1n) is 12.3. The number of carbonyl (C=O) groups excluding carboxylic acids is 2. The van der Waals surface area contributed by atoms with Crippen molar-refractivity contribution in [3.05, 3.63) is 77.3 Å². The van der Waals surface area contributed by atoms with Gasteiger partial charge in [-0.2, -0.15) is 4.31 Å². The molecule has 1 atom stereocenters. The van der Waals surface area contributed by atoms with E-state index in [1.54, 1.807) is 42.5 Å². The van der Waals surface area contributed by atoms with E-state index in [1.165, 1.54) is 38.5 Å². The van der Waals surface area contributed by atoms with Gasteiger partial charge in [-0.1, -0.05) is 17.7 Å². The maximum absolute atomic E-state index is 13.8. The molecule has 9 nitrogen and oxygen atoms in total. The van der Waals surface area contributed by atoms with Crippen molar-refractivity contribution in [1.82, 2.24) is 4.31 Å². The molecular weight excluding hydrogens is 544 g/mol. The maximum Gasteiger partial charge on any atom is 0.252 e. The van der Waals surface area contributed by atoms with Gasteiger partial charge in [-0.05, 0) is 79.6 Å². The van der Waals surface area contributed by atoms with E-state index in [1.807, 2.05) is 6.92 Å². The van der Waals surface area contributed by atoms with Crippen LogP contribution >= 0.6 is 11.6 Å². The highest BCUT2D eigenvalue weighted by molar-refractivity contribution is 7.89. The summed E-state index contributed by atoms with van der Waals surface area (Å²) in [5.41, 5.74) is 1.11. The van der Waals surface area contributed by atoms with Crippen molar-refractivity contribution in [2.24, 2.45) is 0 Å². The second-order valence-electron chi connectivity index (χ2n) is 8.72. The lowest BCUT2D eigenvalue weighted by Crippen LogP contribution is -2.46. The van der Waals surface area contributed by atoms with Gasteiger partial charge in [-0.3, -0.25) is 9.59 Å². The molecule has 11 heteroatoms. The van der Waals surface area contributed by atoms with Gasteiger partial charge < -0.3 is 14.2 Å². The zero-order chi connectivity index (χ0) is 28.2. The van der Waals surface area contributed by atoms with E-state index in [9.17, 15) is 18.0 Å². The number of amides is 2. The number of methoxy groups -OCH3 is 2. The monoisotopic (exact) mass is 572 g/mol. The van der Waals surface area contributed by atoms with E-state index in [0.717, 1.165) is 14.8 Å². The number of hydrogen-bond acceptors (Lipinski definition) is 7. The van der Waals surface area contributed by atoms with Crippen molar-refractivity contribution in [3.63, 3.8) is 0 Å². The predicted octanol–water partition coefficient (Wildman–Crippen LogP) is 4.32. The molecule has 3 aromatic rings. The molecule has 1 fully saturated rings. The minimum Gasteiger partial charge on any atom is -0.494 e. The summed E-state index contributed by atoms with van der Waals surface area (Å²) in [4.78, 5) is 27.7. The number of anilines is 1. The van der Waals surface area contributed by atoms with Crippen molar-refractivity contribution in [2.75, 3.05) is 32.3 Å². The molecular formula is C28H29ClN2O7S. The minimum atomic E-state index is -4.18. The van der Waals surface area contributed by atoms with Gasteiger partial charge in [-0.25, -0.2) is 13.3 Å². The fourth-order valence-corrected chi connectivity index (χ4v) is 6.14. The predicted molar refractivity (Wildman–Crippen MR) is 147 cm³/mol. The van der Waals surface area contributed by atoms with Crippen LogP contribution in [0.3, 0.4) is 0 Å². The first kappa shape index (κ1) is 28.4. The minimum absolute atomic E-state index is 0.0287. The van der Waals surface area contributed by atoms with Crippen LogP contribution in [-0.4, -0.2) is 58.0 Å². The third-order valence-corrected chi connectivity index (χ3v) is 8.54. The molecule has 1 saturated heterocycles. The third-order valence-electron chi connectivity index (χ3n) is 6.37. The summed E-state index contributed by atoms with van der Waals surface area (Å²) < 4.78 is 44.8. The summed E-state index contributed by atoms with van der Waals surface area (Å²) in [6, 6.07) is 16.3. The molecule has 1 heterocycles. The van der Waals surface area contributed by atoms with E-state index in [-0.39, 0.29) is 24.3 Å². The zero-order valence-electron chi connectivity index (χ0n) is 21.8. The fraction of sp³-hybridized carbons (Fsp3) is 0.286. The van der Waals surface area contributed by atoms with Gasteiger partial charge in [0, 0.05) is 11.6 Å². The van der Waals surface area contributed by atoms with E-state index in [0.29, 0.717) is 34.6 Å². The standard InChI is InChI=1S/C28H29ClN2O7S/c1-4-38-22-10-8-21(9-11-22)31-27(32)18-24(28(31)33)30(39(34,35)23-12-6-20(29)7-13-23)16-15-19-5-14-25(36-2)26(17-19)37-3/h5-14,17,24H,4,15-16,18H2,1-3H3. The number of sulfonamides is 1. The van der Waals surface area contributed by atoms with Gasteiger partial charge in [0.05, 0.1) is 37.8 Å². The second kappa shape index (κ2) is 12.1. The Bertz CT molecular complexity index is 1440. The summed E-state index contributed by atoms with van der Waals surface area (Å²) in [7, 11) is -1.14. The van der Waals surface area contributed by atoms with Crippen LogP contribution in [0.1, 0.15) is 18.9 Å². The number of benzene rings is 3. The van der Waals surface area contributed by atoms with E-state index in [4.69, 9.17) is 25.8 Å². The molecule has 4 rings (SSSR count). The Morgan fingerprint density at radius 2 is 1.62 bits per heavy atom. The largest absolute Gasteiger partial charge is 0.494 e. The van der Waals surface area contributed by atoms with E-state index in [2.05, 4.69) is 0 Å². The Labute approximate surface area is 232 Å². The van der Waals surface area contributed by atoms with Gasteiger partial charge in [-0.15, -0.1) is 0 Å². The van der Waals surface area contributed by atoms with Crippen LogP contribution in [0.25, 0.3) is 0 Å². The van der Waals surface area contributed by atoms with Crippen LogP contribution in [0.4, 0.5) is 5.69 Å². The summed E-state index contributed by atoms with van der Waals surface area (Å²) in [5.74, 6) is 0.523. The lowest BCUT2D eigenvalue weighted by atomic mass is 10.1.